The van der Waals surface area contributed by atoms with Crippen molar-refractivity contribution in [3.63, 3.8) is 0 Å². The maximum Gasteiger partial charge on any atom is 0.206 e. The van der Waals surface area contributed by atoms with E-state index in [0.29, 0.717) is 21.8 Å². The molecule has 0 fully saturated rings. The predicted molar refractivity (Wildman–Crippen MR) is 91.9 cm³/mol. The summed E-state index contributed by atoms with van der Waals surface area (Å²) in [5.41, 5.74) is 3.02. The molecule has 1 aromatic heterocycles. The highest BCUT2D eigenvalue weighted by atomic mass is 32.2. The highest BCUT2D eigenvalue weighted by Crippen LogP contribution is 2.28. The van der Waals surface area contributed by atoms with Gasteiger partial charge in [-0.15, -0.1) is 0 Å². The molecule has 0 aliphatic carbocycles. The van der Waals surface area contributed by atoms with Gasteiger partial charge >= 0.3 is 0 Å². The van der Waals surface area contributed by atoms with E-state index in [-0.39, 0.29) is 5.43 Å². The highest BCUT2D eigenvalue weighted by molar-refractivity contribution is 7.99. The van der Waals surface area contributed by atoms with Crippen LogP contribution in [0.15, 0.2) is 67.7 Å². The lowest BCUT2D eigenvalue weighted by molar-refractivity contribution is 0.587. The first kappa shape index (κ1) is 14.9. The summed E-state index contributed by atoms with van der Waals surface area (Å²) in [7, 11) is 0. The lowest BCUT2D eigenvalue weighted by Gasteiger charge is -2.07. The van der Waals surface area contributed by atoms with Gasteiger partial charge in [0.1, 0.15) is 11.8 Å². The first-order valence-electron chi connectivity index (χ1n) is 7.34. The molecule has 0 atom stereocenters. The Morgan fingerprint density at radius 3 is 2.45 bits per heavy atom. The second kappa shape index (κ2) is 6.01. The van der Waals surface area contributed by atoms with Crippen molar-refractivity contribution < 1.29 is 4.42 Å². The SMILES string of the molecule is Cc1ccc2occ(Sc3ccc(C(C)C)cc3)c(=O)c2c1. The summed E-state index contributed by atoms with van der Waals surface area (Å²) in [5, 5.41) is 0.642. The summed E-state index contributed by atoms with van der Waals surface area (Å²) < 4.78 is 5.59. The van der Waals surface area contributed by atoms with Crippen LogP contribution in [0.3, 0.4) is 0 Å². The largest absolute Gasteiger partial charge is 0.463 e. The van der Waals surface area contributed by atoms with E-state index in [9.17, 15) is 4.79 Å². The zero-order valence-corrected chi connectivity index (χ0v) is 13.7. The van der Waals surface area contributed by atoms with Gasteiger partial charge in [-0.1, -0.05) is 49.4 Å². The van der Waals surface area contributed by atoms with Crippen molar-refractivity contribution in [3.8, 4) is 0 Å². The fraction of sp³-hybridized carbons (Fsp3) is 0.211. The molecule has 0 amide bonds. The van der Waals surface area contributed by atoms with E-state index < -0.39 is 0 Å². The topological polar surface area (TPSA) is 30.2 Å². The van der Waals surface area contributed by atoms with Crippen LogP contribution in [-0.4, -0.2) is 0 Å². The van der Waals surface area contributed by atoms with Gasteiger partial charge in [-0.05, 0) is 42.7 Å². The van der Waals surface area contributed by atoms with E-state index in [1.54, 1.807) is 6.26 Å². The summed E-state index contributed by atoms with van der Waals surface area (Å²) in [6.45, 7) is 6.31. The molecule has 0 aliphatic heterocycles. The first-order valence-corrected chi connectivity index (χ1v) is 8.16. The van der Waals surface area contributed by atoms with Gasteiger partial charge in [0, 0.05) is 4.90 Å². The van der Waals surface area contributed by atoms with Crippen molar-refractivity contribution in [2.75, 3.05) is 0 Å². The van der Waals surface area contributed by atoms with Crippen molar-refractivity contribution in [2.24, 2.45) is 0 Å². The van der Waals surface area contributed by atoms with Gasteiger partial charge in [0.25, 0.3) is 0 Å². The third kappa shape index (κ3) is 2.95. The molecule has 2 nitrogen and oxygen atoms in total. The monoisotopic (exact) mass is 310 g/mol. The van der Waals surface area contributed by atoms with Crippen molar-refractivity contribution in [2.45, 2.75) is 36.5 Å². The summed E-state index contributed by atoms with van der Waals surface area (Å²) in [6.07, 6.45) is 1.56. The molecule has 0 bridgehead atoms. The molecule has 0 N–H and O–H groups in total. The van der Waals surface area contributed by atoms with Crippen LogP contribution in [0.5, 0.6) is 0 Å². The van der Waals surface area contributed by atoms with Crippen LogP contribution < -0.4 is 5.43 Å². The van der Waals surface area contributed by atoms with Crippen molar-refractivity contribution in [1.29, 1.82) is 0 Å². The van der Waals surface area contributed by atoms with Crippen LogP contribution >= 0.6 is 11.8 Å². The number of hydrogen-bond acceptors (Lipinski definition) is 3. The molecule has 0 aliphatic rings. The van der Waals surface area contributed by atoms with Crippen LogP contribution in [0, 0.1) is 6.92 Å². The number of aryl methyl sites for hydroxylation is 1. The number of benzene rings is 2. The van der Waals surface area contributed by atoms with Gasteiger partial charge in [0.05, 0.1) is 10.3 Å². The third-order valence-electron chi connectivity index (χ3n) is 3.67. The molecule has 0 saturated carbocycles. The van der Waals surface area contributed by atoms with Crippen LogP contribution in [0.25, 0.3) is 11.0 Å². The molecule has 3 rings (SSSR count). The van der Waals surface area contributed by atoms with E-state index in [0.717, 1.165) is 10.5 Å². The molecule has 0 saturated heterocycles. The maximum absolute atomic E-state index is 12.6. The van der Waals surface area contributed by atoms with Crippen molar-refractivity contribution >= 4 is 22.7 Å². The second-order valence-corrected chi connectivity index (χ2v) is 6.87. The molecule has 112 valence electrons. The van der Waals surface area contributed by atoms with Gasteiger partial charge in [0.15, 0.2) is 0 Å². The summed E-state index contributed by atoms with van der Waals surface area (Å²) in [5.74, 6) is 0.507. The Labute approximate surface area is 134 Å². The van der Waals surface area contributed by atoms with Crippen LogP contribution in [0.2, 0.25) is 0 Å². The molecule has 0 spiro atoms. The van der Waals surface area contributed by atoms with Gasteiger partial charge in [-0.2, -0.15) is 0 Å². The van der Waals surface area contributed by atoms with E-state index in [2.05, 4.69) is 38.1 Å². The minimum Gasteiger partial charge on any atom is -0.463 e. The molecule has 22 heavy (non-hydrogen) atoms. The Balaban J connectivity index is 1.97. The Kier molecular flexibility index (Phi) is 4.08. The molecule has 3 aromatic rings. The fourth-order valence-electron chi connectivity index (χ4n) is 2.35. The number of hydrogen-bond donors (Lipinski definition) is 0. The van der Waals surface area contributed by atoms with Crippen LogP contribution in [-0.2, 0) is 0 Å². The highest BCUT2D eigenvalue weighted by Gasteiger charge is 2.09. The Hall–Kier alpha value is -2.00. The molecule has 3 heteroatoms. The van der Waals surface area contributed by atoms with Crippen LogP contribution in [0.4, 0.5) is 0 Å². The first-order chi connectivity index (χ1) is 10.5. The molecule has 0 radical (unpaired) electrons. The quantitative estimate of drug-likeness (QED) is 0.651. The predicted octanol–water partition coefficient (Wildman–Crippen LogP) is 5.38. The Morgan fingerprint density at radius 2 is 1.77 bits per heavy atom. The van der Waals surface area contributed by atoms with E-state index >= 15 is 0 Å². The third-order valence-corrected chi connectivity index (χ3v) is 4.68. The van der Waals surface area contributed by atoms with Gasteiger partial charge < -0.3 is 4.42 Å². The number of rotatable bonds is 3. The maximum atomic E-state index is 12.6. The summed E-state index contributed by atoms with van der Waals surface area (Å²) >= 11 is 1.45. The average Bonchev–Trinajstić information content (AvgIpc) is 2.51. The van der Waals surface area contributed by atoms with E-state index in [1.165, 1.54) is 17.3 Å². The zero-order valence-electron chi connectivity index (χ0n) is 12.9. The lowest BCUT2D eigenvalue weighted by Crippen LogP contribution is -2.03. The van der Waals surface area contributed by atoms with Crippen molar-refractivity contribution in [3.05, 3.63) is 70.1 Å². The van der Waals surface area contributed by atoms with E-state index in [1.807, 2.05) is 25.1 Å². The Bertz CT molecular complexity index is 861. The molecule has 0 unspecified atom stereocenters. The molecule has 1 heterocycles. The normalized spacial score (nSPS) is 11.3. The summed E-state index contributed by atoms with van der Waals surface area (Å²) in [6, 6.07) is 14.0. The smallest absolute Gasteiger partial charge is 0.206 e. The average molecular weight is 310 g/mol. The summed E-state index contributed by atoms with van der Waals surface area (Å²) in [4.78, 5) is 14.2. The fourth-order valence-corrected chi connectivity index (χ4v) is 3.17. The van der Waals surface area contributed by atoms with E-state index in [4.69, 9.17) is 4.42 Å². The molecular formula is C19H18O2S. The number of fused-ring (bicyclic) bond motifs is 1. The van der Waals surface area contributed by atoms with Crippen molar-refractivity contribution in [1.82, 2.24) is 0 Å². The van der Waals surface area contributed by atoms with Gasteiger partial charge in [-0.3, -0.25) is 4.79 Å². The molecular weight excluding hydrogens is 292 g/mol. The zero-order chi connectivity index (χ0) is 15.7. The minimum absolute atomic E-state index is 0.0305. The molecule has 2 aromatic carbocycles. The lowest BCUT2D eigenvalue weighted by atomic mass is 10.0. The van der Waals surface area contributed by atoms with Gasteiger partial charge in [0.2, 0.25) is 5.43 Å². The standard InChI is InChI=1S/C19H18O2S/c1-12(2)14-5-7-15(8-6-14)22-18-11-21-17-9-4-13(3)10-16(17)19(18)20/h4-12H,1-3H3. The second-order valence-electron chi connectivity index (χ2n) is 5.75. The van der Waals surface area contributed by atoms with Crippen LogP contribution in [0.1, 0.15) is 30.9 Å². The Morgan fingerprint density at radius 1 is 1.05 bits per heavy atom. The minimum atomic E-state index is 0.0305. The van der Waals surface area contributed by atoms with Gasteiger partial charge in [-0.25, -0.2) is 0 Å².